The number of quaternary nitrogens is 1. The minimum atomic E-state index is -0.726. The monoisotopic (exact) mass is 328 g/mol. The summed E-state index contributed by atoms with van der Waals surface area (Å²) >= 11 is 0. The highest BCUT2D eigenvalue weighted by atomic mass is 16.4. The first kappa shape index (κ1) is 22.1. The molecular weight excluding hydrogens is 290 g/mol. The number of carboxylic acids is 1. The van der Waals surface area contributed by atoms with E-state index in [1.54, 1.807) is 6.92 Å². The molecule has 0 fully saturated rings. The Morgan fingerprint density at radius 1 is 1.09 bits per heavy atom. The fourth-order valence-electron chi connectivity index (χ4n) is 3.18. The van der Waals surface area contributed by atoms with Gasteiger partial charge in [-0.3, -0.25) is 4.79 Å². The number of carboxylic acid groups (broad SMARTS) is 1. The Hall–Kier alpha value is -0.870. The van der Waals surface area contributed by atoms with Gasteiger partial charge in [-0.1, -0.05) is 52.7 Å². The van der Waals surface area contributed by atoms with Crippen LogP contribution in [0.15, 0.2) is 12.2 Å². The van der Waals surface area contributed by atoms with Crippen molar-refractivity contribution >= 4 is 5.97 Å². The lowest BCUT2D eigenvalue weighted by Gasteiger charge is -2.40. The van der Waals surface area contributed by atoms with E-state index >= 15 is 0 Å². The van der Waals surface area contributed by atoms with Crippen LogP contribution >= 0.6 is 0 Å². The van der Waals surface area contributed by atoms with Crippen molar-refractivity contribution < 1.29 is 19.5 Å². The zero-order valence-corrected chi connectivity index (χ0v) is 15.6. The van der Waals surface area contributed by atoms with Gasteiger partial charge in [0.15, 0.2) is 0 Å². The summed E-state index contributed by atoms with van der Waals surface area (Å²) in [7, 11) is 0. The highest BCUT2D eigenvalue weighted by Gasteiger charge is 2.29. The summed E-state index contributed by atoms with van der Waals surface area (Å²) in [6.45, 7) is 11.8. The van der Waals surface area contributed by atoms with E-state index < -0.39 is 12.1 Å². The highest BCUT2D eigenvalue weighted by Crippen LogP contribution is 2.17. The van der Waals surface area contributed by atoms with Crippen molar-refractivity contribution in [2.24, 2.45) is 5.92 Å². The van der Waals surface area contributed by atoms with Crippen molar-refractivity contribution in [3.63, 3.8) is 0 Å². The Morgan fingerprint density at radius 2 is 1.70 bits per heavy atom. The van der Waals surface area contributed by atoms with Crippen LogP contribution in [0.2, 0.25) is 0 Å². The lowest BCUT2D eigenvalue weighted by atomic mass is 10.1. The maximum absolute atomic E-state index is 11.1. The van der Waals surface area contributed by atoms with Gasteiger partial charge in [-0.25, -0.2) is 0 Å². The summed E-state index contributed by atoms with van der Waals surface area (Å²) in [5.74, 6) is -1.05. The van der Waals surface area contributed by atoms with Crippen LogP contribution in [0.1, 0.15) is 66.2 Å². The van der Waals surface area contributed by atoms with Gasteiger partial charge in [-0.2, -0.15) is 0 Å². The van der Waals surface area contributed by atoms with Gasteiger partial charge in [-0.15, -0.1) is 0 Å². The highest BCUT2D eigenvalue weighted by molar-refractivity contribution is 5.69. The molecule has 4 heteroatoms. The summed E-state index contributed by atoms with van der Waals surface area (Å²) in [4.78, 5) is 11.1. The van der Waals surface area contributed by atoms with E-state index in [1.807, 2.05) is 6.08 Å². The minimum Gasteiger partial charge on any atom is -0.481 e. The predicted octanol–water partition coefficient (Wildman–Crippen LogP) is 3.84. The summed E-state index contributed by atoms with van der Waals surface area (Å²) in [6.07, 6.45) is 9.68. The number of hydrogen-bond donors (Lipinski definition) is 2. The van der Waals surface area contributed by atoms with Crippen LogP contribution in [0, 0.1) is 5.92 Å². The number of unbranched alkanes of at least 4 members (excludes halogenated alkanes) is 2. The smallest absolute Gasteiger partial charge is 0.306 e. The molecule has 0 rings (SSSR count). The molecule has 0 aromatic rings. The van der Waals surface area contributed by atoms with Crippen LogP contribution < -0.4 is 0 Å². The van der Waals surface area contributed by atoms with E-state index in [9.17, 15) is 9.90 Å². The summed E-state index contributed by atoms with van der Waals surface area (Å²) < 4.78 is 0.823. The molecule has 0 amide bonds. The number of nitrogens with zero attached hydrogens (tertiary/aromatic N) is 1. The Morgan fingerprint density at radius 3 is 2.17 bits per heavy atom. The molecule has 0 spiro atoms. The molecule has 0 saturated carbocycles. The quantitative estimate of drug-likeness (QED) is 0.289. The van der Waals surface area contributed by atoms with Gasteiger partial charge in [-0.05, 0) is 19.3 Å². The molecule has 0 aromatic carbocycles. The van der Waals surface area contributed by atoms with Crippen molar-refractivity contribution in [1.29, 1.82) is 0 Å². The first-order valence-electron chi connectivity index (χ1n) is 9.33. The zero-order chi connectivity index (χ0) is 17.7. The first-order valence-corrected chi connectivity index (χ1v) is 9.33. The zero-order valence-electron chi connectivity index (χ0n) is 15.6. The van der Waals surface area contributed by atoms with Gasteiger partial charge >= 0.3 is 5.97 Å². The van der Waals surface area contributed by atoms with Gasteiger partial charge in [0.25, 0.3) is 0 Å². The first-order chi connectivity index (χ1) is 10.9. The standard InChI is InChI=1S/C19H37NO3/c1-5-8-9-10-11-18(21)16-20(13-6-2,14-7-3)15-12-17(4)19(22)23/h10-11,17-18,21H,5-9,12-16H2,1-4H3/p+1/b11-10+. The Kier molecular flexibility index (Phi) is 12.1. The predicted molar refractivity (Wildman–Crippen MR) is 96.4 cm³/mol. The normalized spacial score (nSPS) is 15.0. The number of rotatable bonds is 14. The van der Waals surface area contributed by atoms with Gasteiger partial charge in [0.1, 0.15) is 12.6 Å². The molecule has 0 aliphatic carbocycles. The molecule has 0 aliphatic heterocycles. The average molecular weight is 329 g/mol. The molecule has 0 heterocycles. The van der Waals surface area contributed by atoms with Crippen molar-refractivity contribution in [1.82, 2.24) is 0 Å². The maximum Gasteiger partial charge on any atom is 0.306 e. The molecule has 0 bridgehead atoms. The van der Waals surface area contributed by atoms with Crippen LogP contribution in [0.5, 0.6) is 0 Å². The largest absolute Gasteiger partial charge is 0.481 e. The Balaban J connectivity index is 4.80. The summed E-state index contributed by atoms with van der Waals surface area (Å²) in [5, 5.41) is 19.5. The van der Waals surface area contributed by atoms with Crippen molar-refractivity contribution in [3.05, 3.63) is 12.2 Å². The van der Waals surface area contributed by atoms with Gasteiger partial charge < -0.3 is 14.7 Å². The van der Waals surface area contributed by atoms with E-state index in [2.05, 4.69) is 26.8 Å². The molecule has 23 heavy (non-hydrogen) atoms. The third kappa shape index (κ3) is 9.77. The molecule has 2 N–H and O–H groups in total. The Bertz CT molecular complexity index is 336. The summed E-state index contributed by atoms with van der Waals surface area (Å²) in [6, 6.07) is 0. The lowest BCUT2D eigenvalue weighted by molar-refractivity contribution is -0.930. The van der Waals surface area contributed by atoms with E-state index in [-0.39, 0.29) is 5.92 Å². The van der Waals surface area contributed by atoms with Crippen LogP contribution in [0.25, 0.3) is 0 Å². The third-order valence-electron chi connectivity index (χ3n) is 4.51. The molecule has 0 aromatic heterocycles. The number of aliphatic hydroxyl groups excluding tert-OH is 1. The molecule has 2 unspecified atom stereocenters. The molecule has 4 nitrogen and oxygen atoms in total. The second-order valence-corrected chi connectivity index (χ2v) is 6.86. The number of aliphatic hydroxyl groups is 1. The van der Waals surface area contributed by atoms with Crippen LogP contribution in [-0.4, -0.2) is 52.9 Å². The average Bonchev–Trinajstić information content (AvgIpc) is 2.49. The molecule has 2 atom stereocenters. The molecule has 136 valence electrons. The van der Waals surface area contributed by atoms with Gasteiger partial charge in [0.05, 0.1) is 25.6 Å². The van der Waals surface area contributed by atoms with E-state index in [0.29, 0.717) is 13.0 Å². The molecule has 0 saturated heterocycles. The third-order valence-corrected chi connectivity index (χ3v) is 4.51. The second-order valence-electron chi connectivity index (χ2n) is 6.86. The van der Waals surface area contributed by atoms with Crippen LogP contribution in [0.3, 0.4) is 0 Å². The fourth-order valence-corrected chi connectivity index (χ4v) is 3.18. The minimum absolute atomic E-state index is 0.321. The number of aliphatic carboxylic acids is 1. The Labute approximate surface area is 142 Å². The lowest BCUT2D eigenvalue weighted by Crippen LogP contribution is -2.54. The van der Waals surface area contributed by atoms with E-state index in [0.717, 1.165) is 49.8 Å². The molecular formula is C19H38NO3+. The molecule has 0 aliphatic rings. The van der Waals surface area contributed by atoms with Crippen LogP contribution in [-0.2, 0) is 4.79 Å². The topological polar surface area (TPSA) is 57.5 Å². The SMILES string of the molecule is CCCC/C=C/C(O)C[N+](CCC)(CCC)CCC(C)C(=O)O. The number of allylic oxidation sites excluding steroid dienone is 1. The molecule has 0 radical (unpaired) electrons. The van der Waals surface area contributed by atoms with E-state index in [1.165, 1.54) is 6.42 Å². The van der Waals surface area contributed by atoms with Crippen molar-refractivity contribution in [3.8, 4) is 0 Å². The van der Waals surface area contributed by atoms with Gasteiger partial charge in [0.2, 0.25) is 0 Å². The van der Waals surface area contributed by atoms with Gasteiger partial charge in [0, 0.05) is 6.42 Å². The number of hydrogen-bond acceptors (Lipinski definition) is 2. The summed E-state index contributed by atoms with van der Waals surface area (Å²) in [5.41, 5.74) is 0. The fraction of sp³-hybridized carbons (Fsp3) is 0.842. The maximum atomic E-state index is 11.1. The second kappa shape index (κ2) is 12.5. The van der Waals surface area contributed by atoms with Crippen LogP contribution in [0.4, 0.5) is 0 Å². The van der Waals surface area contributed by atoms with Crippen molar-refractivity contribution in [2.45, 2.75) is 72.3 Å². The number of carbonyl (C=O) groups is 1. The van der Waals surface area contributed by atoms with E-state index in [4.69, 9.17) is 5.11 Å². The van der Waals surface area contributed by atoms with Crippen molar-refractivity contribution in [2.75, 3.05) is 26.2 Å².